The van der Waals surface area contributed by atoms with Gasteiger partial charge in [0.15, 0.2) is 0 Å². The lowest BCUT2D eigenvalue weighted by Gasteiger charge is -2.72. The van der Waals surface area contributed by atoms with Crippen LogP contribution in [0.1, 0.15) is 122 Å². The molecule has 0 aliphatic heterocycles. The maximum absolute atomic E-state index is 12.1. The number of carbonyl (C=O) groups excluding carboxylic acids is 1. The monoisotopic (exact) mass is 571 g/mol. The van der Waals surface area contributed by atoms with Crippen molar-refractivity contribution in [3.05, 3.63) is 53.6 Å². The van der Waals surface area contributed by atoms with Crippen molar-refractivity contribution >= 4 is 11.5 Å². The molecule has 5 aliphatic carbocycles. The van der Waals surface area contributed by atoms with E-state index < -0.39 is 0 Å². The van der Waals surface area contributed by atoms with E-state index in [4.69, 9.17) is 4.74 Å². The Bertz CT molecular complexity index is 1280. The summed E-state index contributed by atoms with van der Waals surface area (Å²) in [6.45, 7) is 19.8. The summed E-state index contributed by atoms with van der Waals surface area (Å²) in [6.07, 6.45) is 15.8. The molecule has 0 aromatic heterocycles. The highest BCUT2D eigenvalue weighted by atomic mass is 16.5. The number of esters is 1. The number of methoxy groups -OCH3 is 1. The summed E-state index contributed by atoms with van der Waals surface area (Å²) in [5, 5.41) is 3.95. The van der Waals surface area contributed by atoms with Gasteiger partial charge in [-0.2, -0.15) is 0 Å². The second kappa shape index (κ2) is 10.1. The van der Waals surface area contributed by atoms with E-state index in [9.17, 15) is 4.79 Å². The van der Waals surface area contributed by atoms with Gasteiger partial charge in [-0.15, -0.1) is 6.58 Å². The van der Waals surface area contributed by atoms with Crippen LogP contribution in [-0.4, -0.2) is 25.7 Å². The predicted octanol–water partition coefficient (Wildman–Crippen LogP) is 9.49. The van der Waals surface area contributed by atoms with Gasteiger partial charge in [-0.1, -0.05) is 58.4 Å². The number of hydrogen-bond acceptors (Lipinski definition) is 3. The van der Waals surface area contributed by atoms with Crippen molar-refractivity contribution in [1.29, 1.82) is 0 Å². The van der Waals surface area contributed by atoms with Gasteiger partial charge < -0.3 is 10.1 Å². The van der Waals surface area contributed by atoms with Crippen LogP contribution < -0.4 is 5.32 Å². The van der Waals surface area contributed by atoms with Crippen molar-refractivity contribution in [1.82, 2.24) is 5.32 Å². The van der Waals surface area contributed by atoms with Crippen LogP contribution in [0.2, 0.25) is 0 Å². The van der Waals surface area contributed by atoms with Crippen molar-refractivity contribution < 1.29 is 9.53 Å². The molecular weight excluding hydrogens is 514 g/mol. The summed E-state index contributed by atoms with van der Waals surface area (Å²) >= 11 is 0. The molecule has 42 heavy (non-hydrogen) atoms. The molecule has 0 heterocycles. The van der Waals surface area contributed by atoms with Crippen LogP contribution in [0, 0.1) is 51.2 Å². The van der Waals surface area contributed by atoms with Gasteiger partial charge in [0.1, 0.15) is 0 Å². The minimum absolute atomic E-state index is 0.0880. The molecule has 0 radical (unpaired) electrons. The van der Waals surface area contributed by atoms with Gasteiger partial charge in [0.05, 0.1) is 12.7 Å². The first kappa shape index (κ1) is 30.2. The van der Waals surface area contributed by atoms with Crippen molar-refractivity contribution in [3.8, 4) is 0 Å². The molecule has 5 aliphatic rings. The van der Waals surface area contributed by atoms with Crippen LogP contribution in [0.15, 0.2) is 42.5 Å². The van der Waals surface area contributed by atoms with E-state index in [2.05, 4.69) is 78.7 Å². The number of carbonyl (C=O) groups is 1. The van der Waals surface area contributed by atoms with E-state index in [-0.39, 0.29) is 11.4 Å². The smallest absolute Gasteiger partial charge is 0.337 e. The van der Waals surface area contributed by atoms with E-state index in [1.807, 2.05) is 12.1 Å². The molecule has 1 aromatic carbocycles. The lowest BCUT2D eigenvalue weighted by Crippen LogP contribution is -2.67. The highest BCUT2D eigenvalue weighted by Gasteiger charge is 2.70. The number of nitrogens with one attached hydrogen (secondary N) is 1. The average molecular weight is 572 g/mol. The molecule has 0 saturated heterocycles. The summed E-state index contributed by atoms with van der Waals surface area (Å²) in [4.78, 5) is 12.1. The Hall–Kier alpha value is -1.87. The normalized spacial score (nSPS) is 43.7. The Kier molecular flexibility index (Phi) is 7.24. The summed E-state index contributed by atoms with van der Waals surface area (Å²) < 4.78 is 4.95. The van der Waals surface area contributed by atoms with Crippen molar-refractivity contribution in [2.75, 3.05) is 14.2 Å². The Labute approximate surface area is 256 Å². The highest BCUT2D eigenvalue weighted by molar-refractivity contribution is 5.89. The van der Waals surface area contributed by atoms with Gasteiger partial charge in [0.25, 0.3) is 0 Å². The lowest BCUT2D eigenvalue weighted by molar-refractivity contribution is -0.220. The van der Waals surface area contributed by atoms with Gasteiger partial charge >= 0.3 is 5.97 Å². The number of benzene rings is 1. The van der Waals surface area contributed by atoms with Crippen LogP contribution in [0.3, 0.4) is 0 Å². The minimum Gasteiger partial charge on any atom is -0.465 e. The first-order valence-electron chi connectivity index (χ1n) is 17.0. The zero-order valence-corrected chi connectivity index (χ0v) is 27.9. The van der Waals surface area contributed by atoms with E-state index in [0.29, 0.717) is 33.3 Å². The van der Waals surface area contributed by atoms with Crippen LogP contribution in [0.4, 0.5) is 0 Å². The molecule has 4 fully saturated rings. The predicted molar refractivity (Wildman–Crippen MR) is 174 cm³/mol. The molecule has 1 aromatic rings. The SMILES string of the molecule is C=C(C)CC1CCC2(NC)CCC3(C)C(CCC4C5(C)CC=C(c6ccc(C(=O)OC)cc6)C(C)(C)C5CCC43C)C12. The molecule has 6 rings (SSSR count). The maximum Gasteiger partial charge on any atom is 0.337 e. The zero-order valence-electron chi connectivity index (χ0n) is 27.9. The Morgan fingerprint density at radius 1 is 0.929 bits per heavy atom. The fraction of sp³-hybridized carbons (Fsp3) is 0.718. The fourth-order valence-electron chi connectivity index (χ4n) is 12.8. The van der Waals surface area contributed by atoms with Gasteiger partial charge in [-0.25, -0.2) is 4.79 Å². The topological polar surface area (TPSA) is 38.3 Å². The Balaban J connectivity index is 1.34. The number of allylic oxidation sites excluding steroid dienone is 3. The van der Waals surface area contributed by atoms with Crippen molar-refractivity contribution in [2.24, 2.45) is 51.2 Å². The van der Waals surface area contributed by atoms with E-state index >= 15 is 0 Å². The lowest BCUT2D eigenvalue weighted by atomic mass is 9.33. The molecule has 3 heteroatoms. The zero-order chi connectivity index (χ0) is 30.3. The number of fused-ring (bicyclic) bond motifs is 7. The molecule has 9 unspecified atom stereocenters. The van der Waals surface area contributed by atoms with E-state index in [0.717, 1.165) is 23.7 Å². The summed E-state index contributed by atoms with van der Waals surface area (Å²) in [6, 6.07) is 8.15. The van der Waals surface area contributed by atoms with Crippen LogP contribution in [0.5, 0.6) is 0 Å². The number of ether oxygens (including phenoxy) is 1. The molecule has 3 nitrogen and oxygen atoms in total. The largest absolute Gasteiger partial charge is 0.465 e. The van der Waals surface area contributed by atoms with Crippen molar-refractivity contribution in [2.45, 2.75) is 111 Å². The molecule has 9 atom stereocenters. The second-order valence-corrected chi connectivity index (χ2v) is 16.7. The third kappa shape index (κ3) is 4.04. The van der Waals surface area contributed by atoms with E-state index in [1.54, 1.807) is 0 Å². The molecule has 0 spiro atoms. The molecule has 230 valence electrons. The number of hydrogen-bond donors (Lipinski definition) is 1. The second-order valence-electron chi connectivity index (χ2n) is 16.7. The minimum atomic E-state index is -0.264. The van der Waals surface area contributed by atoms with Gasteiger partial charge in [0.2, 0.25) is 0 Å². The maximum atomic E-state index is 12.1. The summed E-state index contributed by atoms with van der Waals surface area (Å²) in [7, 11) is 3.71. The highest BCUT2D eigenvalue weighted by Crippen LogP contribution is 2.76. The molecule has 0 amide bonds. The third-order valence-electron chi connectivity index (χ3n) is 14.9. The number of rotatable bonds is 5. The fourth-order valence-corrected chi connectivity index (χ4v) is 12.8. The Morgan fingerprint density at radius 3 is 2.29 bits per heavy atom. The summed E-state index contributed by atoms with van der Waals surface area (Å²) in [5.41, 5.74) is 6.23. The molecule has 0 bridgehead atoms. The van der Waals surface area contributed by atoms with Gasteiger partial charge in [-0.05, 0) is 153 Å². The van der Waals surface area contributed by atoms with E-state index in [1.165, 1.54) is 88.0 Å². The third-order valence-corrected chi connectivity index (χ3v) is 14.9. The Morgan fingerprint density at radius 2 is 1.64 bits per heavy atom. The standard InChI is InChI=1S/C39H57NO2/c1-25(2)24-28-16-21-39(40-8)23-22-37(6)30(33(28)39)14-15-32-36(5)19-17-29(26-10-12-27(13-11-26)34(41)42-9)35(3,4)31(36)18-20-38(32,37)7/h10-13,17,28,30-33,40H,1,14-16,18-24H2,2-9H3. The van der Waals surface area contributed by atoms with Gasteiger partial charge in [0, 0.05) is 5.54 Å². The molecular formula is C39H57NO2. The summed E-state index contributed by atoms with van der Waals surface area (Å²) in [5.74, 6) is 3.53. The first-order chi connectivity index (χ1) is 19.8. The average Bonchev–Trinajstić information content (AvgIpc) is 3.31. The van der Waals surface area contributed by atoms with Crippen LogP contribution in [0.25, 0.3) is 5.57 Å². The molecule has 1 N–H and O–H groups in total. The van der Waals surface area contributed by atoms with Crippen LogP contribution >= 0.6 is 0 Å². The van der Waals surface area contributed by atoms with Crippen molar-refractivity contribution in [3.63, 3.8) is 0 Å². The van der Waals surface area contributed by atoms with Crippen LogP contribution in [-0.2, 0) is 4.74 Å². The first-order valence-corrected chi connectivity index (χ1v) is 17.0. The van der Waals surface area contributed by atoms with Gasteiger partial charge in [-0.3, -0.25) is 0 Å². The molecule has 4 saturated carbocycles. The quantitative estimate of drug-likeness (QED) is 0.282.